The van der Waals surface area contributed by atoms with Gasteiger partial charge in [-0.15, -0.1) is 0 Å². The van der Waals surface area contributed by atoms with Crippen LogP contribution < -0.4 is 19.8 Å². The van der Waals surface area contributed by atoms with Gasteiger partial charge in [0.15, 0.2) is 11.5 Å². The highest BCUT2D eigenvalue weighted by Crippen LogP contribution is 2.50. The van der Waals surface area contributed by atoms with Gasteiger partial charge in [0.25, 0.3) is 11.2 Å². The van der Waals surface area contributed by atoms with Crippen LogP contribution in [0.25, 0.3) is 16.6 Å². The quantitative estimate of drug-likeness (QED) is 0.304. The Kier molecular flexibility index (Phi) is 7.45. The Balaban J connectivity index is 2.10. The number of alkyl halides is 6. The molecule has 0 aliphatic heterocycles. The molecule has 1 N–H and O–H groups in total. The smallest absolute Gasteiger partial charge is 0.430 e. The van der Waals surface area contributed by atoms with Crippen molar-refractivity contribution in [1.82, 2.24) is 9.55 Å². The first-order valence-electron chi connectivity index (χ1n) is 11.5. The summed E-state index contributed by atoms with van der Waals surface area (Å²) in [6.07, 6.45) is -12.3. The van der Waals surface area contributed by atoms with E-state index in [9.17, 15) is 36.2 Å². The van der Waals surface area contributed by atoms with E-state index in [0.29, 0.717) is 17.7 Å². The molecule has 0 atom stereocenters. The summed E-state index contributed by atoms with van der Waals surface area (Å²) in [5.41, 5.74) is -7.26. The van der Waals surface area contributed by atoms with Crippen molar-refractivity contribution in [1.29, 1.82) is 0 Å². The Morgan fingerprint density at radius 1 is 0.825 bits per heavy atom. The highest BCUT2D eigenvalue weighted by molar-refractivity contribution is 5.90. The number of hydrogen-bond donors (Lipinski definition) is 1. The van der Waals surface area contributed by atoms with Crippen molar-refractivity contribution in [2.45, 2.75) is 24.4 Å². The standard InChI is InChI=1S/C27H22F6N2O5/c1-38-19-14-18-21(23(40-3)22(19)39-2)24(36)35(20(34-18)12-15-8-5-4-6-9-15)17-11-7-10-16(13-17)25(37,26(28,29)30)27(31,32)33/h4-11,13-14,37H,12H2,1-3H3. The summed E-state index contributed by atoms with van der Waals surface area (Å²) < 4.78 is 98.7. The lowest BCUT2D eigenvalue weighted by Gasteiger charge is -2.33. The van der Waals surface area contributed by atoms with Crippen LogP contribution in [0, 0.1) is 0 Å². The van der Waals surface area contributed by atoms with Gasteiger partial charge in [0, 0.05) is 18.1 Å². The highest BCUT2D eigenvalue weighted by atomic mass is 19.4. The van der Waals surface area contributed by atoms with E-state index in [1.807, 2.05) is 0 Å². The molecule has 0 radical (unpaired) electrons. The number of halogens is 6. The predicted octanol–water partition coefficient (Wildman–Crippen LogP) is 5.31. The molecule has 0 aliphatic rings. The Morgan fingerprint density at radius 3 is 2.00 bits per heavy atom. The van der Waals surface area contributed by atoms with Crippen LogP contribution in [0.3, 0.4) is 0 Å². The van der Waals surface area contributed by atoms with Crippen LogP contribution in [-0.2, 0) is 12.0 Å². The number of rotatable bonds is 7. The Labute approximate surface area is 223 Å². The van der Waals surface area contributed by atoms with Gasteiger partial charge in [0.1, 0.15) is 11.2 Å². The Bertz CT molecular complexity index is 1590. The topological polar surface area (TPSA) is 82.8 Å². The third-order valence-corrected chi connectivity index (χ3v) is 6.28. The zero-order valence-electron chi connectivity index (χ0n) is 21.2. The molecule has 0 fully saturated rings. The molecule has 0 aliphatic carbocycles. The molecule has 3 aromatic carbocycles. The van der Waals surface area contributed by atoms with Gasteiger partial charge in [0.05, 0.1) is 32.5 Å². The zero-order chi connectivity index (χ0) is 29.5. The van der Waals surface area contributed by atoms with Crippen LogP contribution in [0.4, 0.5) is 26.3 Å². The van der Waals surface area contributed by atoms with Crippen molar-refractivity contribution < 1.29 is 45.7 Å². The van der Waals surface area contributed by atoms with Gasteiger partial charge in [-0.05, 0) is 17.7 Å². The summed E-state index contributed by atoms with van der Waals surface area (Å²) in [4.78, 5) is 18.5. The monoisotopic (exact) mass is 568 g/mol. The molecule has 0 unspecified atom stereocenters. The van der Waals surface area contributed by atoms with E-state index in [1.165, 1.54) is 27.4 Å². The number of nitrogens with zero attached hydrogens (tertiary/aromatic N) is 2. The molecule has 212 valence electrons. The largest absolute Gasteiger partial charge is 0.493 e. The van der Waals surface area contributed by atoms with Gasteiger partial charge in [-0.1, -0.05) is 42.5 Å². The lowest BCUT2D eigenvalue weighted by molar-refractivity contribution is -0.376. The molecule has 1 aromatic heterocycles. The molecule has 4 aromatic rings. The first-order valence-corrected chi connectivity index (χ1v) is 11.5. The van der Waals surface area contributed by atoms with Gasteiger partial charge in [-0.25, -0.2) is 4.98 Å². The van der Waals surface area contributed by atoms with E-state index < -0.39 is 34.8 Å². The van der Waals surface area contributed by atoms with Gasteiger partial charge >= 0.3 is 12.4 Å². The van der Waals surface area contributed by atoms with Crippen LogP contribution in [0.5, 0.6) is 17.2 Å². The summed E-state index contributed by atoms with van der Waals surface area (Å²) in [6.45, 7) is 0. The van der Waals surface area contributed by atoms with Crippen molar-refractivity contribution in [3.8, 4) is 22.9 Å². The maximum absolute atomic E-state index is 14.0. The average molecular weight is 568 g/mol. The van der Waals surface area contributed by atoms with Crippen molar-refractivity contribution in [3.05, 3.63) is 88.0 Å². The third kappa shape index (κ3) is 4.70. The van der Waals surface area contributed by atoms with Crippen LogP contribution in [0.2, 0.25) is 0 Å². The highest BCUT2D eigenvalue weighted by Gasteiger charge is 2.71. The average Bonchev–Trinajstić information content (AvgIpc) is 2.90. The molecule has 0 amide bonds. The predicted molar refractivity (Wildman–Crippen MR) is 132 cm³/mol. The summed E-state index contributed by atoms with van der Waals surface area (Å²) in [5.74, 6) is 0.0749. The Morgan fingerprint density at radius 2 is 1.45 bits per heavy atom. The molecular weight excluding hydrogens is 546 g/mol. The fourth-order valence-corrected chi connectivity index (χ4v) is 4.38. The number of hydrogen-bond acceptors (Lipinski definition) is 6. The number of ether oxygens (including phenoxy) is 3. The van der Waals surface area contributed by atoms with E-state index >= 15 is 0 Å². The number of aliphatic hydroxyl groups is 1. The number of fused-ring (bicyclic) bond motifs is 1. The SMILES string of the molecule is COc1cc2nc(Cc3ccccc3)n(-c3cccc(C(O)(C(F)(F)F)C(F)(F)F)c3)c(=O)c2c(OC)c1OC. The first-order chi connectivity index (χ1) is 18.8. The molecule has 0 saturated carbocycles. The third-order valence-electron chi connectivity index (χ3n) is 6.28. The van der Waals surface area contributed by atoms with E-state index in [-0.39, 0.29) is 40.4 Å². The summed E-state index contributed by atoms with van der Waals surface area (Å²) in [7, 11) is 3.88. The maximum Gasteiger partial charge on any atom is 0.430 e. The second-order valence-electron chi connectivity index (χ2n) is 8.63. The number of aromatic nitrogens is 2. The van der Waals surface area contributed by atoms with Gasteiger partial charge < -0.3 is 19.3 Å². The first kappa shape index (κ1) is 28.7. The molecule has 0 spiro atoms. The van der Waals surface area contributed by atoms with Gasteiger partial charge in [-0.2, -0.15) is 26.3 Å². The molecule has 1 heterocycles. The van der Waals surface area contributed by atoms with E-state index in [4.69, 9.17) is 14.2 Å². The van der Waals surface area contributed by atoms with Crippen molar-refractivity contribution in [2.75, 3.05) is 21.3 Å². The summed E-state index contributed by atoms with van der Waals surface area (Å²) in [5, 5.41) is 9.81. The maximum atomic E-state index is 14.0. The normalized spacial score (nSPS) is 12.4. The second-order valence-corrected chi connectivity index (χ2v) is 8.63. The van der Waals surface area contributed by atoms with Crippen LogP contribution in [0.1, 0.15) is 17.0 Å². The number of methoxy groups -OCH3 is 3. The lowest BCUT2D eigenvalue weighted by Crippen LogP contribution is -2.54. The van der Waals surface area contributed by atoms with Gasteiger partial charge in [-0.3, -0.25) is 9.36 Å². The van der Waals surface area contributed by atoms with Crippen molar-refractivity contribution in [2.24, 2.45) is 0 Å². The number of benzene rings is 3. The van der Waals surface area contributed by atoms with Crippen molar-refractivity contribution >= 4 is 10.9 Å². The van der Waals surface area contributed by atoms with Crippen molar-refractivity contribution in [3.63, 3.8) is 0 Å². The second kappa shape index (κ2) is 10.4. The fourth-order valence-electron chi connectivity index (χ4n) is 4.38. The van der Waals surface area contributed by atoms with Gasteiger partial charge in [0.2, 0.25) is 5.75 Å². The molecule has 40 heavy (non-hydrogen) atoms. The molecule has 4 rings (SSSR count). The minimum Gasteiger partial charge on any atom is -0.493 e. The lowest BCUT2D eigenvalue weighted by atomic mass is 9.92. The fraction of sp³-hybridized carbons (Fsp3) is 0.259. The molecule has 7 nitrogen and oxygen atoms in total. The van der Waals surface area contributed by atoms with Crippen LogP contribution >= 0.6 is 0 Å². The van der Waals surface area contributed by atoms with E-state index in [1.54, 1.807) is 30.3 Å². The van der Waals surface area contributed by atoms with E-state index in [2.05, 4.69) is 4.98 Å². The van der Waals surface area contributed by atoms with Crippen LogP contribution in [-0.4, -0.2) is 48.3 Å². The molecule has 0 saturated heterocycles. The minimum atomic E-state index is -6.11. The van der Waals surface area contributed by atoms with E-state index in [0.717, 1.165) is 16.7 Å². The summed E-state index contributed by atoms with van der Waals surface area (Å²) in [6, 6.07) is 12.9. The summed E-state index contributed by atoms with van der Waals surface area (Å²) >= 11 is 0. The molecule has 0 bridgehead atoms. The Hall–Kier alpha value is -4.26. The molecular formula is C27H22F6N2O5. The minimum absolute atomic E-state index is 0.0160. The van der Waals surface area contributed by atoms with Crippen LogP contribution in [0.15, 0.2) is 65.5 Å². The molecule has 13 heteroatoms. The zero-order valence-corrected chi connectivity index (χ0v) is 21.2.